The van der Waals surface area contributed by atoms with Crippen molar-refractivity contribution in [2.75, 3.05) is 30.6 Å². The standard InChI is InChI=1S/C31H36FN3O6S/c1-3-5-17-33-31(37)27(4-2)34(21-23-9-7-6-8-10-23)30(36)22-35(25-13-11-24(32)12-14-25)42(38,39)26-15-16-28-29(20-26)41-19-18-40-28/h6-16,20,27H,3-5,17-19,21-22H2,1-2H3,(H,33,37)/t27-/m1/s1. The lowest BCUT2D eigenvalue weighted by Crippen LogP contribution is -2.52. The summed E-state index contributed by atoms with van der Waals surface area (Å²) in [5.41, 5.74) is 0.883. The minimum Gasteiger partial charge on any atom is -0.486 e. The van der Waals surface area contributed by atoms with Crippen LogP contribution < -0.4 is 19.1 Å². The van der Waals surface area contributed by atoms with Crippen molar-refractivity contribution < 1.29 is 31.9 Å². The second kappa shape index (κ2) is 14.2. The molecule has 1 aliphatic rings. The summed E-state index contributed by atoms with van der Waals surface area (Å²) >= 11 is 0. The van der Waals surface area contributed by atoms with E-state index in [1.54, 1.807) is 6.92 Å². The van der Waals surface area contributed by atoms with E-state index in [2.05, 4.69) is 5.32 Å². The lowest BCUT2D eigenvalue weighted by atomic mass is 10.1. The predicted octanol–water partition coefficient (Wildman–Crippen LogP) is 4.52. The first kappa shape index (κ1) is 30.8. The molecule has 0 saturated heterocycles. The third-order valence-electron chi connectivity index (χ3n) is 6.91. The van der Waals surface area contributed by atoms with Gasteiger partial charge in [-0.2, -0.15) is 0 Å². The molecular weight excluding hydrogens is 561 g/mol. The maximum Gasteiger partial charge on any atom is 0.264 e. The van der Waals surface area contributed by atoms with E-state index in [0.717, 1.165) is 34.8 Å². The van der Waals surface area contributed by atoms with Gasteiger partial charge in [-0.05, 0) is 54.8 Å². The van der Waals surface area contributed by atoms with Gasteiger partial charge >= 0.3 is 0 Å². The molecule has 0 aliphatic carbocycles. The SMILES string of the molecule is CCCCNC(=O)[C@@H](CC)N(Cc1ccccc1)C(=O)CN(c1ccc(F)cc1)S(=O)(=O)c1ccc2c(c1)OCCO2. The zero-order valence-corrected chi connectivity index (χ0v) is 24.6. The van der Waals surface area contributed by atoms with Crippen molar-refractivity contribution in [2.45, 2.75) is 50.6 Å². The second-order valence-electron chi connectivity index (χ2n) is 9.87. The number of rotatable bonds is 13. The number of fused-ring (bicyclic) bond motifs is 1. The lowest BCUT2D eigenvalue weighted by molar-refractivity contribution is -0.140. The van der Waals surface area contributed by atoms with E-state index in [4.69, 9.17) is 9.47 Å². The summed E-state index contributed by atoms with van der Waals surface area (Å²) in [4.78, 5) is 28.6. The number of nitrogens with one attached hydrogen (secondary N) is 1. The first-order chi connectivity index (χ1) is 20.2. The van der Waals surface area contributed by atoms with E-state index < -0.39 is 34.3 Å². The Hall–Kier alpha value is -4.12. The highest BCUT2D eigenvalue weighted by Crippen LogP contribution is 2.34. The van der Waals surface area contributed by atoms with E-state index in [9.17, 15) is 22.4 Å². The van der Waals surface area contributed by atoms with Crippen LogP contribution in [0.1, 0.15) is 38.7 Å². The van der Waals surface area contributed by atoms with Gasteiger partial charge in [-0.3, -0.25) is 13.9 Å². The molecule has 3 aromatic rings. The Morgan fingerprint density at radius 2 is 1.64 bits per heavy atom. The van der Waals surface area contributed by atoms with Gasteiger partial charge < -0.3 is 19.7 Å². The molecule has 1 atom stereocenters. The van der Waals surface area contributed by atoms with Gasteiger partial charge in [0.2, 0.25) is 11.8 Å². The molecule has 42 heavy (non-hydrogen) atoms. The molecule has 0 saturated carbocycles. The monoisotopic (exact) mass is 597 g/mol. The molecule has 0 bridgehead atoms. The van der Waals surface area contributed by atoms with Crippen molar-refractivity contribution in [1.29, 1.82) is 0 Å². The summed E-state index contributed by atoms with van der Waals surface area (Å²) in [6, 6.07) is 17.4. The van der Waals surface area contributed by atoms with Crippen LogP contribution in [0.2, 0.25) is 0 Å². The van der Waals surface area contributed by atoms with Crippen LogP contribution in [0.5, 0.6) is 11.5 Å². The average molecular weight is 598 g/mol. The summed E-state index contributed by atoms with van der Waals surface area (Å²) in [6.07, 6.45) is 2.01. The van der Waals surface area contributed by atoms with Crippen LogP contribution in [-0.2, 0) is 26.2 Å². The Morgan fingerprint density at radius 3 is 2.31 bits per heavy atom. The number of carbonyl (C=O) groups is 2. The number of sulfonamides is 1. The summed E-state index contributed by atoms with van der Waals surface area (Å²) in [7, 11) is -4.34. The highest BCUT2D eigenvalue weighted by Gasteiger charge is 2.34. The first-order valence-corrected chi connectivity index (χ1v) is 15.5. The molecule has 1 heterocycles. The van der Waals surface area contributed by atoms with Gasteiger partial charge in [0.05, 0.1) is 10.6 Å². The van der Waals surface area contributed by atoms with Gasteiger partial charge in [0.25, 0.3) is 10.0 Å². The maximum absolute atomic E-state index is 14.1. The van der Waals surface area contributed by atoms with Crippen molar-refractivity contribution >= 4 is 27.5 Å². The van der Waals surface area contributed by atoms with E-state index in [-0.39, 0.29) is 35.4 Å². The molecular formula is C31H36FN3O6S. The van der Waals surface area contributed by atoms with E-state index >= 15 is 0 Å². The summed E-state index contributed by atoms with van der Waals surface area (Å²) < 4.78 is 54.0. The van der Waals surface area contributed by atoms with Crippen LogP contribution >= 0.6 is 0 Å². The van der Waals surface area contributed by atoms with Crippen LogP contribution in [0, 0.1) is 5.82 Å². The number of amides is 2. The Labute approximate surface area is 246 Å². The fourth-order valence-corrected chi connectivity index (χ4v) is 6.08. The Morgan fingerprint density at radius 1 is 0.952 bits per heavy atom. The number of hydrogen-bond acceptors (Lipinski definition) is 6. The number of nitrogens with zero attached hydrogens (tertiary/aromatic N) is 2. The fourth-order valence-electron chi connectivity index (χ4n) is 4.65. The van der Waals surface area contributed by atoms with Crippen molar-refractivity contribution in [3.63, 3.8) is 0 Å². The molecule has 0 aromatic heterocycles. The average Bonchev–Trinajstić information content (AvgIpc) is 3.00. The minimum atomic E-state index is -4.34. The van der Waals surface area contributed by atoms with E-state index in [0.29, 0.717) is 25.3 Å². The zero-order chi connectivity index (χ0) is 30.1. The molecule has 0 fully saturated rings. The molecule has 0 spiro atoms. The van der Waals surface area contributed by atoms with Crippen LogP contribution in [-0.4, -0.2) is 57.5 Å². The molecule has 4 rings (SSSR count). The van der Waals surface area contributed by atoms with Crippen LogP contribution in [0.4, 0.5) is 10.1 Å². The molecule has 224 valence electrons. The first-order valence-electron chi connectivity index (χ1n) is 14.0. The predicted molar refractivity (Wildman–Crippen MR) is 157 cm³/mol. The number of hydrogen-bond donors (Lipinski definition) is 1. The topological polar surface area (TPSA) is 105 Å². The molecule has 2 amide bonds. The van der Waals surface area contributed by atoms with Crippen LogP contribution in [0.15, 0.2) is 77.7 Å². The number of ether oxygens (including phenoxy) is 2. The number of anilines is 1. The number of benzene rings is 3. The number of unbranched alkanes of at least 4 members (excludes halogenated alkanes) is 1. The van der Waals surface area contributed by atoms with Crippen LogP contribution in [0.25, 0.3) is 0 Å². The Kier molecular flexibility index (Phi) is 10.4. The number of halogens is 1. The van der Waals surface area contributed by atoms with Crippen molar-refractivity contribution in [3.8, 4) is 11.5 Å². The van der Waals surface area contributed by atoms with Gasteiger partial charge in [0.1, 0.15) is 31.6 Å². The van der Waals surface area contributed by atoms with Gasteiger partial charge in [-0.25, -0.2) is 12.8 Å². The Balaban J connectivity index is 1.71. The number of carbonyl (C=O) groups excluding carboxylic acids is 2. The van der Waals surface area contributed by atoms with E-state index in [1.165, 1.54) is 35.2 Å². The molecule has 9 nitrogen and oxygen atoms in total. The zero-order valence-electron chi connectivity index (χ0n) is 23.8. The quantitative estimate of drug-likeness (QED) is 0.291. The van der Waals surface area contributed by atoms with E-state index in [1.807, 2.05) is 37.3 Å². The largest absolute Gasteiger partial charge is 0.486 e. The molecule has 0 radical (unpaired) electrons. The van der Waals surface area contributed by atoms with Crippen LogP contribution in [0.3, 0.4) is 0 Å². The lowest BCUT2D eigenvalue weighted by Gasteiger charge is -2.33. The molecule has 3 aromatic carbocycles. The highest BCUT2D eigenvalue weighted by atomic mass is 32.2. The molecule has 1 N–H and O–H groups in total. The third-order valence-corrected chi connectivity index (χ3v) is 8.68. The maximum atomic E-state index is 14.1. The third kappa shape index (κ3) is 7.39. The smallest absolute Gasteiger partial charge is 0.264 e. The molecule has 1 aliphatic heterocycles. The Bertz CT molecular complexity index is 1470. The van der Waals surface area contributed by atoms with Gasteiger partial charge in [0, 0.05) is 19.2 Å². The van der Waals surface area contributed by atoms with Gasteiger partial charge in [0.15, 0.2) is 11.5 Å². The van der Waals surface area contributed by atoms with Crippen molar-refractivity contribution in [2.24, 2.45) is 0 Å². The molecule has 0 unspecified atom stereocenters. The molecule has 11 heteroatoms. The second-order valence-corrected chi connectivity index (χ2v) is 11.7. The summed E-state index contributed by atoms with van der Waals surface area (Å²) in [5, 5.41) is 2.90. The summed E-state index contributed by atoms with van der Waals surface area (Å²) in [5.74, 6) is -0.756. The van der Waals surface area contributed by atoms with Crippen molar-refractivity contribution in [3.05, 3.63) is 84.2 Å². The minimum absolute atomic E-state index is 0.0970. The highest BCUT2D eigenvalue weighted by molar-refractivity contribution is 7.92. The normalized spacial score (nSPS) is 13.2. The van der Waals surface area contributed by atoms with Crippen molar-refractivity contribution in [1.82, 2.24) is 10.2 Å². The van der Waals surface area contributed by atoms with Gasteiger partial charge in [-0.1, -0.05) is 50.6 Å². The summed E-state index contributed by atoms with van der Waals surface area (Å²) in [6.45, 7) is 4.38. The van der Waals surface area contributed by atoms with Gasteiger partial charge in [-0.15, -0.1) is 0 Å². The fraction of sp³-hybridized carbons (Fsp3) is 0.355.